The summed E-state index contributed by atoms with van der Waals surface area (Å²) in [5, 5.41) is 2.70. The first-order chi connectivity index (χ1) is 17.8. The van der Waals surface area contributed by atoms with Crippen molar-refractivity contribution < 1.29 is 28.3 Å². The SMILES string of the molecule is COC(=O)c1ccc(NC(=O)C[C@H]2C(=O)N(c3cccc(C)c3)C(=O)N2CCc2ccccc2F)cc1. The molecule has 3 aromatic rings. The highest BCUT2D eigenvalue weighted by molar-refractivity contribution is 6.22. The number of methoxy groups -OCH3 is 1. The summed E-state index contributed by atoms with van der Waals surface area (Å²) in [6.07, 6.45) is -0.108. The molecule has 1 atom stereocenters. The molecule has 9 heteroatoms. The number of imide groups is 1. The summed E-state index contributed by atoms with van der Waals surface area (Å²) in [5.74, 6) is -1.92. The molecule has 1 heterocycles. The van der Waals surface area contributed by atoms with Gasteiger partial charge < -0.3 is 15.0 Å². The number of urea groups is 1. The van der Waals surface area contributed by atoms with E-state index in [1.54, 1.807) is 48.5 Å². The van der Waals surface area contributed by atoms with Gasteiger partial charge in [-0.1, -0.05) is 30.3 Å². The number of esters is 1. The molecule has 0 radical (unpaired) electrons. The van der Waals surface area contributed by atoms with E-state index in [0.717, 1.165) is 10.5 Å². The van der Waals surface area contributed by atoms with E-state index in [9.17, 15) is 23.6 Å². The van der Waals surface area contributed by atoms with Crippen LogP contribution in [0.2, 0.25) is 0 Å². The van der Waals surface area contributed by atoms with Crippen molar-refractivity contribution in [3.8, 4) is 0 Å². The Balaban J connectivity index is 1.54. The Morgan fingerprint density at radius 3 is 2.41 bits per heavy atom. The Labute approximate surface area is 213 Å². The predicted molar refractivity (Wildman–Crippen MR) is 136 cm³/mol. The Hall–Kier alpha value is -4.53. The molecule has 4 amide bonds. The Morgan fingerprint density at radius 1 is 1.00 bits per heavy atom. The second-order valence-corrected chi connectivity index (χ2v) is 8.67. The van der Waals surface area contributed by atoms with Gasteiger partial charge in [-0.05, 0) is 66.9 Å². The van der Waals surface area contributed by atoms with Gasteiger partial charge in [0.1, 0.15) is 11.9 Å². The number of hydrogen-bond acceptors (Lipinski definition) is 5. The molecule has 37 heavy (non-hydrogen) atoms. The van der Waals surface area contributed by atoms with Gasteiger partial charge in [0.05, 0.1) is 24.8 Å². The van der Waals surface area contributed by atoms with E-state index in [1.165, 1.54) is 30.2 Å². The molecule has 0 spiro atoms. The smallest absolute Gasteiger partial charge is 0.337 e. The maximum absolute atomic E-state index is 14.2. The molecular weight excluding hydrogens is 477 g/mol. The first kappa shape index (κ1) is 25.6. The molecule has 3 aromatic carbocycles. The number of nitrogens with one attached hydrogen (secondary N) is 1. The first-order valence-corrected chi connectivity index (χ1v) is 11.7. The van der Waals surface area contributed by atoms with Crippen LogP contribution in [0.4, 0.5) is 20.6 Å². The summed E-state index contributed by atoms with van der Waals surface area (Å²) in [5.41, 5.74) is 2.43. The number of rotatable bonds is 8. The van der Waals surface area contributed by atoms with Crippen LogP contribution >= 0.6 is 0 Å². The quantitative estimate of drug-likeness (QED) is 0.365. The number of benzene rings is 3. The number of halogens is 1. The highest BCUT2D eigenvalue weighted by Gasteiger charge is 2.46. The van der Waals surface area contributed by atoms with Gasteiger partial charge in [0.2, 0.25) is 5.91 Å². The molecule has 8 nitrogen and oxygen atoms in total. The van der Waals surface area contributed by atoms with Crippen LogP contribution in [0.5, 0.6) is 0 Å². The van der Waals surface area contributed by atoms with Crippen molar-refractivity contribution in [3.63, 3.8) is 0 Å². The monoisotopic (exact) mass is 503 g/mol. The normalized spacial score (nSPS) is 15.2. The minimum absolute atomic E-state index is 0.0552. The Morgan fingerprint density at radius 2 is 1.73 bits per heavy atom. The van der Waals surface area contributed by atoms with Gasteiger partial charge in [-0.2, -0.15) is 0 Å². The van der Waals surface area contributed by atoms with E-state index in [-0.39, 0.29) is 19.4 Å². The van der Waals surface area contributed by atoms with Crippen molar-refractivity contribution in [3.05, 3.63) is 95.3 Å². The largest absolute Gasteiger partial charge is 0.465 e. The lowest BCUT2D eigenvalue weighted by atomic mass is 10.1. The van der Waals surface area contributed by atoms with Crippen LogP contribution in [0.1, 0.15) is 27.9 Å². The Bertz CT molecular complexity index is 1340. The maximum atomic E-state index is 14.2. The second kappa shape index (κ2) is 11.0. The van der Waals surface area contributed by atoms with Gasteiger partial charge in [0, 0.05) is 12.2 Å². The van der Waals surface area contributed by atoms with Crippen molar-refractivity contribution >= 4 is 35.2 Å². The second-order valence-electron chi connectivity index (χ2n) is 8.67. The molecule has 4 rings (SSSR count). The minimum atomic E-state index is -1.06. The van der Waals surface area contributed by atoms with E-state index >= 15 is 0 Å². The van der Waals surface area contributed by atoms with Crippen molar-refractivity contribution in [2.75, 3.05) is 23.9 Å². The molecule has 1 saturated heterocycles. The third-order valence-corrected chi connectivity index (χ3v) is 6.13. The molecule has 1 fully saturated rings. The zero-order chi connectivity index (χ0) is 26.5. The summed E-state index contributed by atoms with van der Waals surface area (Å²) in [6, 6.07) is 17.7. The molecule has 190 valence electrons. The molecule has 1 N–H and O–H groups in total. The lowest BCUT2D eigenvalue weighted by Gasteiger charge is -2.21. The van der Waals surface area contributed by atoms with E-state index in [1.807, 2.05) is 13.0 Å². The van der Waals surface area contributed by atoms with Gasteiger partial charge in [-0.3, -0.25) is 9.59 Å². The van der Waals surface area contributed by atoms with Crippen LogP contribution in [0.15, 0.2) is 72.8 Å². The van der Waals surface area contributed by atoms with Crippen LogP contribution in [0, 0.1) is 12.7 Å². The standard InChI is InChI=1S/C28H26FN3O5/c1-18-6-5-8-22(16-18)32-26(34)24(31(28(32)36)15-14-19-7-3-4-9-23(19)29)17-25(33)30-21-12-10-20(11-13-21)27(35)37-2/h3-13,16,24H,14-15,17H2,1-2H3,(H,30,33)/t24-/m0/s1. The van der Waals surface area contributed by atoms with E-state index < -0.39 is 35.7 Å². The van der Waals surface area contributed by atoms with Gasteiger partial charge in [0.25, 0.3) is 5.91 Å². The summed E-state index contributed by atoms with van der Waals surface area (Å²) in [4.78, 5) is 53.7. The molecule has 0 unspecified atom stereocenters. The fourth-order valence-corrected chi connectivity index (χ4v) is 4.23. The fraction of sp³-hybridized carbons (Fsp3) is 0.214. The topological polar surface area (TPSA) is 96.0 Å². The highest BCUT2D eigenvalue weighted by atomic mass is 19.1. The van der Waals surface area contributed by atoms with Crippen LogP contribution in [-0.2, 0) is 20.7 Å². The zero-order valence-corrected chi connectivity index (χ0v) is 20.4. The van der Waals surface area contributed by atoms with E-state index in [2.05, 4.69) is 10.1 Å². The molecule has 1 aliphatic rings. The number of nitrogens with zero attached hydrogens (tertiary/aromatic N) is 2. The average Bonchev–Trinajstić information content (AvgIpc) is 3.11. The van der Waals surface area contributed by atoms with E-state index in [0.29, 0.717) is 22.5 Å². The number of aryl methyl sites for hydroxylation is 1. The number of anilines is 2. The molecule has 0 bridgehead atoms. The van der Waals surface area contributed by atoms with E-state index in [4.69, 9.17) is 0 Å². The summed E-state index contributed by atoms with van der Waals surface area (Å²) >= 11 is 0. The lowest BCUT2D eigenvalue weighted by molar-refractivity contribution is -0.124. The van der Waals surface area contributed by atoms with Gasteiger partial charge in [-0.15, -0.1) is 0 Å². The number of carbonyl (C=O) groups excluding carboxylic acids is 4. The Kier molecular flexibility index (Phi) is 7.62. The third kappa shape index (κ3) is 5.66. The minimum Gasteiger partial charge on any atom is -0.465 e. The number of ether oxygens (including phenoxy) is 1. The zero-order valence-electron chi connectivity index (χ0n) is 20.4. The lowest BCUT2D eigenvalue weighted by Crippen LogP contribution is -2.39. The van der Waals surface area contributed by atoms with Gasteiger partial charge in [0.15, 0.2) is 0 Å². The van der Waals surface area contributed by atoms with Crippen molar-refractivity contribution in [1.82, 2.24) is 4.90 Å². The molecule has 0 aromatic heterocycles. The summed E-state index contributed by atoms with van der Waals surface area (Å²) in [6.45, 7) is 1.90. The van der Waals surface area contributed by atoms with Gasteiger partial charge in [-0.25, -0.2) is 18.9 Å². The first-order valence-electron chi connectivity index (χ1n) is 11.7. The van der Waals surface area contributed by atoms with Crippen LogP contribution < -0.4 is 10.2 Å². The molecule has 0 saturated carbocycles. The van der Waals surface area contributed by atoms with Crippen LogP contribution in [0.25, 0.3) is 0 Å². The van der Waals surface area contributed by atoms with Gasteiger partial charge >= 0.3 is 12.0 Å². The van der Waals surface area contributed by atoms with Crippen molar-refractivity contribution in [2.45, 2.75) is 25.8 Å². The predicted octanol–water partition coefficient (Wildman–Crippen LogP) is 4.33. The van der Waals surface area contributed by atoms with Crippen LogP contribution in [0.3, 0.4) is 0 Å². The number of amides is 4. The van der Waals surface area contributed by atoms with Crippen molar-refractivity contribution in [2.24, 2.45) is 0 Å². The maximum Gasteiger partial charge on any atom is 0.337 e. The fourth-order valence-electron chi connectivity index (χ4n) is 4.23. The molecular formula is C28H26FN3O5. The van der Waals surface area contributed by atoms with Crippen molar-refractivity contribution in [1.29, 1.82) is 0 Å². The summed E-state index contributed by atoms with van der Waals surface area (Å²) < 4.78 is 18.9. The number of hydrogen-bond donors (Lipinski definition) is 1. The third-order valence-electron chi connectivity index (χ3n) is 6.13. The highest BCUT2D eigenvalue weighted by Crippen LogP contribution is 2.28. The average molecular weight is 504 g/mol. The van der Waals surface area contributed by atoms with Crippen LogP contribution in [-0.4, -0.2) is 48.4 Å². The summed E-state index contributed by atoms with van der Waals surface area (Å²) in [7, 11) is 1.27. The number of carbonyl (C=O) groups is 4. The molecule has 0 aliphatic carbocycles. The molecule has 1 aliphatic heterocycles.